The Morgan fingerprint density at radius 1 is 1.24 bits per heavy atom. The summed E-state index contributed by atoms with van der Waals surface area (Å²) < 4.78 is 5.37. The standard InChI is InChI=1S/C19H33NO/c1-8-20-17(11-14(2)13-19(4,5)6)16-9-10-18(21-7)15(3)12-16/h9-10,12,14,17,20H,8,11,13H2,1-7H3. The van der Waals surface area contributed by atoms with E-state index in [-0.39, 0.29) is 0 Å². The summed E-state index contributed by atoms with van der Waals surface area (Å²) in [7, 11) is 1.73. The Morgan fingerprint density at radius 3 is 2.38 bits per heavy atom. The summed E-state index contributed by atoms with van der Waals surface area (Å²) in [6, 6.07) is 6.97. The van der Waals surface area contributed by atoms with Gasteiger partial charge in [0.2, 0.25) is 0 Å². The van der Waals surface area contributed by atoms with Gasteiger partial charge in [0.05, 0.1) is 7.11 Å². The molecule has 1 rings (SSSR count). The topological polar surface area (TPSA) is 21.3 Å². The number of benzene rings is 1. The van der Waals surface area contributed by atoms with Gasteiger partial charge in [0.15, 0.2) is 0 Å². The number of ether oxygens (including phenoxy) is 1. The summed E-state index contributed by atoms with van der Waals surface area (Å²) >= 11 is 0. The number of aryl methyl sites for hydroxylation is 1. The van der Waals surface area contributed by atoms with Crippen LogP contribution in [0, 0.1) is 18.3 Å². The van der Waals surface area contributed by atoms with Gasteiger partial charge in [-0.3, -0.25) is 0 Å². The minimum atomic E-state index is 0.395. The molecule has 0 aliphatic heterocycles. The molecule has 2 atom stereocenters. The minimum Gasteiger partial charge on any atom is -0.496 e. The molecule has 0 fully saturated rings. The van der Waals surface area contributed by atoms with Gasteiger partial charge in [-0.05, 0) is 54.8 Å². The van der Waals surface area contributed by atoms with Crippen LogP contribution >= 0.6 is 0 Å². The molecular weight excluding hydrogens is 258 g/mol. The zero-order valence-electron chi connectivity index (χ0n) is 14.9. The summed E-state index contributed by atoms with van der Waals surface area (Å²) in [4.78, 5) is 0. The van der Waals surface area contributed by atoms with Gasteiger partial charge in [-0.1, -0.05) is 46.8 Å². The smallest absolute Gasteiger partial charge is 0.121 e. The van der Waals surface area contributed by atoms with E-state index < -0.39 is 0 Å². The zero-order chi connectivity index (χ0) is 16.0. The Bertz CT molecular complexity index is 434. The van der Waals surface area contributed by atoms with E-state index in [9.17, 15) is 0 Å². The largest absolute Gasteiger partial charge is 0.496 e. The van der Waals surface area contributed by atoms with Crippen LogP contribution in [0.4, 0.5) is 0 Å². The third-order valence-corrected chi connectivity index (χ3v) is 3.87. The summed E-state index contributed by atoms with van der Waals surface area (Å²) in [6.45, 7) is 14.6. The highest BCUT2D eigenvalue weighted by molar-refractivity contribution is 5.37. The van der Waals surface area contributed by atoms with Crippen molar-refractivity contribution in [1.29, 1.82) is 0 Å². The van der Waals surface area contributed by atoms with Gasteiger partial charge in [0, 0.05) is 6.04 Å². The molecule has 0 bridgehead atoms. The first kappa shape index (κ1) is 18.0. The maximum atomic E-state index is 5.37. The number of nitrogens with one attached hydrogen (secondary N) is 1. The van der Waals surface area contributed by atoms with Crippen LogP contribution in [0.1, 0.15) is 64.6 Å². The SMILES string of the molecule is CCNC(CC(C)CC(C)(C)C)c1ccc(OC)c(C)c1. The lowest BCUT2D eigenvalue weighted by Crippen LogP contribution is -2.24. The van der Waals surface area contributed by atoms with Crippen LogP contribution in [-0.4, -0.2) is 13.7 Å². The van der Waals surface area contributed by atoms with Crippen LogP contribution in [0.5, 0.6) is 5.75 Å². The lowest BCUT2D eigenvalue weighted by Gasteiger charge is -2.27. The van der Waals surface area contributed by atoms with E-state index in [1.165, 1.54) is 24.0 Å². The number of hydrogen-bond acceptors (Lipinski definition) is 2. The fourth-order valence-corrected chi connectivity index (χ4v) is 3.23. The average molecular weight is 291 g/mol. The van der Waals surface area contributed by atoms with Crippen molar-refractivity contribution in [3.8, 4) is 5.75 Å². The highest BCUT2D eigenvalue weighted by Gasteiger charge is 2.20. The fourth-order valence-electron chi connectivity index (χ4n) is 3.23. The molecule has 0 saturated heterocycles. The predicted molar refractivity (Wildman–Crippen MR) is 92.0 cm³/mol. The first-order valence-corrected chi connectivity index (χ1v) is 8.14. The quantitative estimate of drug-likeness (QED) is 0.753. The highest BCUT2D eigenvalue weighted by atomic mass is 16.5. The van der Waals surface area contributed by atoms with Gasteiger partial charge in [0.1, 0.15) is 5.75 Å². The summed E-state index contributed by atoms with van der Waals surface area (Å²) in [6.07, 6.45) is 2.43. The minimum absolute atomic E-state index is 0.395. The second-order valence-electron chi connectivity index (χ2n) is 7.44. The molecule has 21 heavy (non-hydrogen) atoms. The molecule has 1 N–H and O–H groups in total. The Hall–Kier alpha value is -1.02. The molecule has 0 aliphatic rings. The van der Waals surface area contributed by atoms with E-state index in [0.717, 1.165) is 12.3 Å². The normalized spacial score (nSPS) is 14.8. The molecule has 2 unspecified atom stereocenters. The Morgan fingerprint density at radius 2 is 1.90 bits per heavy atom. The van der Waals surface area contributed by atoms with Gasteiger partial charge in [-0.2, -0.15) is 0 Å². The van der Waals surface area contributed by atoms with Gasteiger partial charge in [-0.15, -0.1) is 0 Å². The Kier molecular flexibility index (Phi) is 6.73. The van der Waals surface area contributed by atoms with Crippen LogP contribution in [0.3, 0.4) is 0 Å². The number of methoxy groups -OCH3 is 1. The molecule has 0 aliphatic carbocycles. The summed E-state index contributed by atoms with van der Waals surface area (Å²) in [5, 5.41) is 3.64. The van der Waals surface area contributed by atoms with Crippen LogP contribution in [0.15, 0.2) is 18.2 Å². The molecule has 0 aromatic heterocycles. The van der Waals surface area contributed by atoms with Crippen LogP contribution in [0.2, 0.25) is 0 Å². The molecular formula is C19H33NO. The molecule has 0 heterocycles. The Labute approximate surface area is 131 Å². The van der Waals surface area contributed by atoms with Crippen molar-refractivity contribution in [3.05, 3.63) is 29.3 Å². The van der Waals surface area contributed by atoms with Crippen molar-refractivity contribution in [1.82, 2.24) is 5.32 Å². The molecule has 0 saturated carbocycles. The molecule has 1 aromatic carbocycles. The second kappa shape index (κ2) is 7.84. The van der Waals surface area contributed by atoms with E-state index in [2.05, 4.69) is 65.1 Å². The first-order chi connectivity index (χ1) is 9.76. The maximum Gasteiger partial charge on any atom is 0.121 e. The van der Waals surface area contributed by atoms with Gasteiger partial charge in [0.25, 0.3) is 0 Å². The third-order valence-electron chi connectivity index (χ3n) is 3.87. The Balaban J connectivity index is 2.83. The molecule has 120 valence electrons. The maximum absolute atomic E-state index is 5.37. The molecule has 0 amide bonds. The third kappa shape index (κ3) is 6.09. The molecule has 1 aromatic rings. The second-order valence-corrected chi connectivity index (χ2v) is 7.44. The monoisotopic (exact) mass is 291 g/mol. The van der Waals surface area contributed by atoms with Crippen molar-refractivity contribution in [2.75, 3.05) is 13.7 Å². The van der Waals surface area contributed by atoms with Gasteiger partial charge >= 0.3 is 0 Å². The highest BCUT2D eigenvalue weighted by Crippen LogP contribution is 2.31. The molecule has 2 nitrogen and oxygen atoms in total. The number of hydrogen-bond donors (Lipinski definition) is 1. The van der Waals surface area contributed by atoms with E-state index >= 15 is 0 Å². The van der Waals surface area contributed by atoms with Crippen LogP contribution in [-0.2, 0) is 0 Å². The van der Waals surface area contributed by atoms with Crippen molar-refractivity contribution in [2.24, 2.45) is 11.3 Å². The molecule has 2 heteroatoms. The van der Waals surface area contributed by atoms with Crippen molar-refractivity contribution >= 4 is 0 Å². The van der Waals surface area contributed by atoms with Crippen LogP contribution in [0.25, 0.3) is 0 Å². The predicted octanol–water partition coefficient (Wildman–Crippen LogP) is 5.12. The van der Waals surface area contributed by atoms with Crippen molar-refractivity contribution < 1.29 is 4.74 Å². The lowest BCUT2D eigenvalue weighted by molar-refractivity contribution is 0.276. The van der Waals surface area contributed by atoms with Gasteiger partial charge in [-0.25, -0.2) is 0 Å². The molecule has 0 radical (unpaired) electrons. The fraction of sp³-hybridized carbons (Fsp3) is 0.684. The average Bonchev–Trinajstić information content (AvgIpc) is 2.36. The van der Waals surface area contributed by atoms with Crippen molar-refractivity contribution in [3.63, 3.8) is 0 Å². The van der Waals surface area contributed by atoms with Gasteiger partial charge < -0.3 is 10.1 Å². The number of rotatable bonds is 7. The van der Waals surface area contributed by atoms with E-state index in [4.69, 9.17) is 4.74 Å². The van der Waals surface area contributed by atoms with E-state index in [1.807, 2.05) is 0 Å². The summed E-state index contributed by atoms with van der Waals surface area (Å²) in [5.41, 5.74) is 2.98. The van der Waals surface area contributed by atoms with E-state index in [0.29, 0.717) is 17.4 Å². The van der Waals surface area contributed by atoms with Crippen molar-refractivity contribution in [2.45, 2.75) is 60.4 Å². The lowest BCUT2D eigenvalue weighted by atomic mass is 9.82. The van der Waals surface area contributed by atoms with Crippen LogP contribution < -0.4 is 10.1 Å². The zero-order valence-corrected chi connectivity index (χ0v) is 14.9. The summed E-state index contributed by atoms with van der Waals surface area (Å²) in [5.74, 6) is 1.67. The first-order valence-electron chi connectivity index (χ1n) is 8.14. The van der Waals surface area contributed by atoms with E-state index in [1.54, 1.807) is 7.11 Å². The molecule has 0 spiro atoms.